The van der Waals surface area contributed by atoms with Crippen molar-refractivity contribution in [2.24, 2.45) is 5.41 Å². The molecule has 0 aromatic heterocycles. The average molecular weight is 280 g/mol. The largest absolute Gasteiger partial charge is 0.482 e. The van der Waals surface area contributed by atoms with E-state index in [-0.39, 0.29) is 5.41 Å². The van der Waals surface area contributed by atoms with Crippen molar-refractivity contribution in [1.82, 2.24) is 0 Å². The predicted octanol–water partition coefficient (Wildman–Crippen LogP) is 2.55. The monoisotopic (exact) mass is 280 g/mol. The quantitative estimate of drug-likeness (QED) is 0.807. The summed E-state index contributed by atoms with van der Waals surface area (Å²) < 4.78 is 16.7. The Bertz CT molecular complexity index is 457. The third-order valence-electron chi connectivity index (χ3n) is 3.81. The molecular weight excluding hydrogens is 256 g/mol. The predicted molar refractivity (Wildman–Crippen MR) is 77.0 cm³/mol. The first-order chi connectivity index (χ1) is 9.31. The van der Waals surface area contributed by atoms with Crippen molar-refractivity contribution in [3.05, 3.63) is 35.6 Å². The van der Waals surface area contributed by atoms with Gasteiger partial charge >= 0.3 is 0 Å². The molecule has 0 aromatic carbocycles. The highest BCUT2D eigenvalue weighted by Gasteiger charge is 2.45. The molecule has 1 saturated heterocycles. The maximum absolute atomic E-state index is 10.5. The first kappa shape index (κ1) is 15.3. The summed E-state index contributed by atoms with van der Waals surface area (Å²) in [6, 6.07) is 0. The Morgan fingerprint density at radius 2 is 1.95 bits per heavy atom. The van der Waals surface area contributed by atoms with Crippen LogP contribution in [0.2, 0.25) is 0 Å². The highest BCUT2D eigenvalue weighted by molar-refractivity contribution is 5.40. The van der Waals surface area contributed by atoms with E-state index in [0.29, 0.717) is 12.2 Å². The van der Waals surface area contributed by atoms with Crippen molar-refractivity contribution >= 4 is 0 Å². The van der Waals surface area contributed by atoms with Crippen LogP contribution >= 0.6 is 0 Å². The van der Waals surface area contributed by atoms with Crippen LogP contribution in [0.25, 0.3) is 0 Å². The standard InChI is InChI=1S/C16H24O4/c1-15(2)8-6-7-13-11(9-15)12(17)10-16(3,20-13)14(18-4)19-5/h6-9,12,14,17H,10H2,1-5H3/t12?,16-/m0/s1. The lowest BCUT2D eigenvalue weighted by Crippen LogP contribution is -2.50. The van der Waals surface area contributed by atoms with Gasteiger partial charge in [-0.05, 0) is 13.0 Å². The lowest BCUT2D eigenvalue weighted by molar-refractivity contribution is -0.228. The van der Waals surface area contributed by atoms with E-state index in [1.165, 1.54) is 0 Å². The Morgan fingerprint density at radius 3 is 2.55 bits per heavy atom. The zero-order valence-corrected chi connectivity index (χ0v) is 12.8. The topological polar surface area (TPSA) is 47.9 Å². The molecular formula is C16H24O4. The van der Waals surface area contributed by atoms with Crippen LogP contribution in [0.5, 0.6) is 0 Å². The average Bonchev–Trinajstić information content (AvgIpc) is 2.49. The summed E-state index contributed by atoms with van der Waals surface area (Å²) in [7, 11) is 3.15. The van der Waals surface area contributed by atoms with E-state index in [1.54, 1.807) is 14.2 Å². The van der Waals surface area contributed by atoms with Crippen molar-refractivity contribution in [2.75, 3.05) is 14.2 Å². The molecule has 2 atom stereocenters. The molecule has 0 saturated carbocycles. The summed E-state index contributed by atoms with van der Waals surface area (Å²) in [6.07, 6.45) is 7.31. The van der Waals surface area contributed by atoms with E-state index in [9.17, 15) is 5.11 Å². The van der Waals surface area contributed by atoms with E-state index in [1.807, 2.05) is 19.1 Å². The highest BCUT2D eigenvalue weighted by atomic mass is 16.7. The smallest absolute Gasteiger partial charge is 0.196 e. The summed E-state index contributed by atoms with van der Waals surface area (Å²) in [5, 5.41) is 10.5. The van der Waals surface area contributed by atoms with E-state index < -0.39 is 18.0 Å². The third-order valence-corrected chi connectivity index (χ3v) is 3.81. The summed E-state index contributed by atoms with van der Waals surface area (Å²) in [5.41, 5.74) is 0.0190. The Morgan fingerprint density at radius 1 is 1.30 bits per heavy atom. The van der Waals surface area contributed by atoms with Gasteiger partial charge in [0.25, 0.3) is 0 Å². The van der Waals surface area contributed by atoms with Gasteiger partial charge in [0.05, 0.1) is 6.10 Å². The maximum Gasteiger partial charge on any atom is 0.196 e. The van der Waals surface area contributed by atoms with Gasteiger partial charge in [-0.2, -0.15) is 0 Å². The minimum absolute atomic E-state index is 0.104. The molecule has 1 heterocycles. The molecule has 4 nitrogen and oxygen atoms in total. The summed E-state index contributed by atoms with van der Waals surface area (Å²) in [4.78, 5) is 0. The second-order valence-corrected chi connectivity index (χ2v) is 6.25. The fourth-order valence-electron chi connectivity index (χ4n) is 2.88. The summed E-state index contributed by atoms with van der Waals surface area (Å²) >= 11 is 0. The van der Waals surface area contributed by atoms with Crippen LogP contribution in [0.15, 0.2) is 35.6 Å². The van der Waals surface area contributed by atoms with Gasteiger partial charge in [-0.15, -0.1) is 0 Å². The summed E-state index contributed by atoms with van der Waals surface area (Å²) in [5.74, 6) is 0.687. The third kappa shape index (κ3) is 2.82. The highest BCUT2D eigenvalue weighted by Crippen LogP contribution is 2.41. The number of hydrogen-bond donors (Lipinski definition) is 1. The van der Waals surface area contributed by atoms with Crippen molar-refractivity contribution in [2.45, 2.75) is 45.2 Å². The molecule has 0 amide bonds. The van der Waals surface area contributed by atoms with Crippen LogP contribution in [0.4, 0.5) is 0 Å². The molecule has 2 rings (SSSR count). The van der Waals surface area contributed by atoms with Gasteiger partial charge in [0, 0.05) is 31.6 Å². The minimum atomic E-state index is -0.714. The van der Waals surface area contributed by atoms with Crippen molar-refractivity contribution in [1.29, 1.82) is 0 Å². The van der Waals surface area contributed by atoms with E-state index in [4.69, 9.17) is 14.2 Å². The van der Waals surface area contributed by atoms with Crippen molar-refractivity contribution in [3.8, 4) is 0 Å². The lowest BCUT2D eigenvalue weighted by Gasteiger charge is -2.43. The van der Waals surface area contributed by atoms with Gasteiger partial charge < -0.3 is 19.3 Å². The van der Waals surface area contributed by atoms with Gasteiger partial charge in [-0.25, -0.2) is 0 Å². The van der Waals surface area contributed by atoms with Crippen molar-refractivity contribution in [3.63, 3.8) is 0 Å². The fraction of sp³-hybridized carbons (Fsp3) is 0.625. The van der Waals surface area contributed by atoms with E-state index in [0.717, 1.165) is 5.57 Å². The van der Waals surface area contributed by atoms with Gasteiger partial charge in [-0.3, -0.25) is 0 Å². The number of allylic oxidation sites excluding steroid dienone is 4. The fourth-order valence-corrected chi connectivity index (χ4v) is 2.88. The Kier molecular flexibility index (Phi) is 4.09. The molecule has 2 aliphatic rings. The van der Waals surface area contributed by atoms with Crippen LogP contribution in [-0.2, 0) is 14.2 Å². The molecule has 20 heavy (non-hydrogen) atoms. The number of aliphatic hydroxyl groups is 1. The second kappa shape index (κ2) is 5.35. The number of aliphatic hydroxyl groups excluding tert-OH is 1. The van der Waals surface area contributed by atoms with Gasteiger partial charge in [0.15, 0.2) is 11.9 Å². The minimum Gasteiger partial charge on any atom is -0.482 e. The number of rotatable bonds is 3. The molecule has 4 heteroatoms. The first-order valence-corrected chi connectivity index (χ1v) is 6.86. The van der Waals surface area contributed by atoms with Crippen LogP contribution in [0.1, 0.15) is 27.2 Å². The number of methoxy groups -OCH3 is 2. The SMILES string of the molecule is COC(OC)[C@]1(C)CC(O)C2=CC(C)(C)C=CC=C2O1. The lowest BCUT2D eigenvalue weighted by atomic mass is 9.84. The molecule has 0 spiro atoms. The van der Waals surface area contributed by atoms with Gasteiger partial charge in [0.2, 0.25) is 0 Å². The van der Waals surface area contributed by atoms with Crippen LogP contribution in [0.3, 0.4) is 0 Å². The number of ether oxygens (including phenoxy) is 3. The Balaban J connectivity index is 2.35. The molecule has 0 aromatic rings. The molecule has 1 N–H and O–H groups in total. The number of hydrogen-bond acceptors (Lipinski definition) is 4. The van der Waals surface area contributed by atoms with Gasteiger partial charge in [-0.1, -0.05) is 32.1 Å². The zero-order valence-electron chi connectivity index (χ0n) is 12.8. The molecule has 1 fully saturated rings. The molecule has 1 aliphatic carbocycles. The van der Waals surface area contributed by atoms with Gasteiger partial charge in [0.1, 0.15) is 5.76 Å². The second-order valence-electron chi connectivity index (χ2n) is 6.25. The molecule has 0 bridgehead atoms. The normalized spacial score (nSPS) is 32.0. The van der Waals surface area contributed by atoms with Crippen molar-refractivity contribution < 1.29 is 19.3 Å². The summed E-state index contributed by atoms with van der Waals surface area (Å²) in [6.45, 7) is 6.09. The van der Waals surface area contributed by atoms with E-state index in [2.05, 4.69) is 26.0 Å². The van der Waals surface area contributed by atoms with E-state index >= 15 is 0 Å². The Labute approximate surface area is 120 Å². The first-order valence-electron chi connectivity index (χ1n) is 6.86. The van der Waals surface area contributed by atoms with Crippen LogP contribution in [0, 0.1) is 5.41 Å². The molecule has 1 aliphatic heterocycles. The molecule has 0 radical (unpaired) electrons. The van der Waals surface area contributed by atoms with Crippen LogP contribution < -0.4 is 0 Å². The molecule has 1 unspecified atom stereocenters. The number of fused-ring (bicyclic) bond motifs is 1. The molecule has 112 valence electrons. The Hall–Kier alpha value is -1.10. The maximum atomic E-state index is 10.5. The zero-order chi connectivity index (χ0) is 15.0. The van der Waals surface area contributed by atoms with Crippen LogP contribution in [-0.4, -0.2) is 37.3 Å².